The number of phenols is 1. The van der Waals surface area contributed by atoms with Crippen LogP contribution in [0.4, 0.5) is 19.3 Å². The quantitative estimate of drug-likeness (QED) is 0.755. The van der Waals surface area contributed by atoms with Gasteiger partial charge in [0, 0.05) is 35.7 Å². The van der Waals surface area contributed by atoms with Gasteiger partial charge >= 0.3 is 6.09 Å². The summed E-state index contributed by atoms with van der Waals surface area (Å²) in [5.74, 6) is -2.83. The molecule has 1 aliphatic rings. The molecule has 0 aromatic heterocycles. The number of carbonyl (C=O) groups is 1. The van der Waals surface area contributed by atoms with Crippen molar-refractivity contribution < 1.29 is 23.4 Å². The molecule has 0 radical (unpaired) electrons. The third-order valence-electron chi connectivity index (χ3n) is 4.05. The smallest absolute Gasteiger partial charge is 0.412 e. The summed E-state index contributed by atoms with van der Waals surface area (Å²) in [4.78, 5) is 11.7. The molecule has 1 aliphatic carbocycles. The highest BCUT2D eigenvalue weighted by Gasteiger charge is 2.43. The van der Waals surface area contributed by atoms with Crippen LogP contribution in [-0.2, 0) is 10.3 Å². The molecule has 4 N–H and O–H groups in total. The first-order valence-corrected chi connectivity index (χ1v) is 7.90. The second kappa shape index (κ2) is 6.20. The number of aromatic hydroxyl groups is 1. The molecule has 7 heteroatoms. The maximum absolute atomic E-state index is 13.3. The fourth-order valence-electron chi connectivity index (χ4n) is 2.78. The third kappa shape index (κ3) is 4.56. The fraction of sp³-hybridized carbons (Fsp3) is 0.588. The summed E-state index contributed by atoms with van der Waals surface area (Å²) in [6, 6.07) is 4.48. The van der Waals surface area contributed by atoms with E-state index < -0.39 is 23.2 Å². The van der Waals surface area contributed by atoms with Crippen molar-refractivity contribution in [3.8, 4) is 5.75 Å². The topological polar surface area (TPSA) is 84.6 Å². The fourth-order valence-corrected chi connectivity index (χ4v) is 2.78. The lowest BCUT2D eigenvalue weighted by molar-refractivity contribution is -0.0516. The van der Waals surface area contributed by atoms with Gasteiger partial charge < -0.3 is 15.6 Å². The van der Waals surface area contributed by atoms with Crippen molar-refractivity contribution in [2.75, 3.05) is 5.32 Å². The predicted molar refractivity (Wildman–Crippen MR) is 87.2 cm³/mol. The number of carbonyl (C=O) groups excluding carboxylic acids is 1. The second-order valence-electron chi connectivity index (χ2n) is 7.37. The molecule has 134 valence electrons. The number of anilines is 1. The number of amides is 1. The van der Waals surface area contributed by atoms with Crippen molar-refractivity contribution in [1.29, 1.82) is 0 Å². The standard InChI is InChI=1S/C17H24F2N2O3/c1-15(2,3)24-14(23)21-11-4-5-12(13(22)10-11)16(20)6-8-17(18,19)9-7-16/h4-5,10,22H,6-9,20H2,1-3H3,(H,21,23). The van der Waals surface area contributed by atoms with E-state index in [-0.39, 0.29) is 31.4 Å². The van der Waals surface area contributed by atoms with Crippen molar-refractivity contribution in [2.45, 2.75) is 63.5 Å². The Morgan fingerprint density at radius 3 is 2.33 bits per heavy atom. The van der Waals surface area contributed by atoms with Gasteiger partial charge in [-0.3, -0.25) is 5.32 Å². The van der Waals surface area contributed by atoms with Crippen LogP contribution < -0.4 is 11.1 Å². The number of nitrogens with two attached hydrogens (primary N) is 1. The van der Waals surface area contributed by atoms with E-state index in [9.17, 15) is 18.7 Å². The zero-order valence-electron chi connectivity index (χ0n) is 14.2. The second-order valence-corrected chi connectivity index (χ2v) is 7.37. The minimum atomic E-state index is -2.70. The summed E-state index contributed by atoms with van der Waals surface area (Å²) in [6.07, 6.45) is -1.07. The van der Waals surface area contributed by atoms with Crippen molar-refractivity contribution in [1.82, 2.24) is 0 Å². The molecule has 0 saturated heterocycles. The van der Waals surface area contributed by atoms with Crippen LogP contribution in [0.5, 0.6) is 5.75 Å². The summed E-state index contributed by atoms with van der Waals surface area (Å²) in [6.45, 7) is 5.22. The number of hydrogen-bond donors (Lipinski definition) is 3. The molecule has 1 saturated carbocycles. The van der Waals surface area contributed by atoms with Crippen LogP contribution in [0, 0.1) is 0 Å². The molecule has 24 heavy (non-hydrogen) atoms. The SMILES string of the molecule is CC(C)(C)OC(=O)Nc1ccc(C2(N)CCC(F)(F)CC2)c(O)c1. The van der Waals surface area contributed by atoms with Gasteiger partial charge in [0.2, 0.25) is 5.92 Å². The molecule has 1 aromatic carbocycles. The molecule has 0 bridgehead atoms. The average Bonchev–Trinajstić information content (AvgIpc) is 2.40. The summed E-state index contributed by atoms with van der Waals surface area (Å²) in [7, 11) is 0. The normalized spacial score (nSPS) is 19.6. The van der Waals surface area contributed by atoms with Gasteiger partial charge in [0.25, 0.3) is 0 Å². The van der Waals surface area contributed by atoms with E-state index in [1.54, 1.807) is 32.9 Å². The van der Waals surface area contributed by atoms with Crippen LogP contribution in [-0.4, -0.2) is 22.7 Å². The molecular weight excluding hydrogens is 318 g/mol. The zero-order chi connectivity index (χ0) is 18.2. The van der Waals surface area contributed by atoms with E-state index in [0.29, 0.717) is 11.3 Å². The van der Waals surface area contributed by atoms with Crippen LogP contribution in [0.15, 0.2) is 18.2 Å². The summed E-state index contributed by atoms with van der Waals surface area (Å²) in [5.41, 5.74) is 5.36. The molecule has 0 atom stereocenters. The molecule has 0 unspecified atom stereocenters. The molecule has 1 aromatic rings. The zero-order valence-corrected chi connectivity index (χ0v) is 14.2. The predicted octanol–water partition coefficient (Wildman–Crippen LogP) is 4.10. The number of ether oxygens (including phenoxy) is 1. The molecule has 1 amide bonds. The Balaban J connectivity index is 2.11. The number of halogens is 2. The molecular formula is C17H24F2N2O3. The Kier molecular flexibility index (Phi) is 4.77. The number of nitrogens with one attached hydrogen (secondary N) is 1. The number of alkyl halides is 2. The van der Waals surface area contributed by atoms with Gasteiger partial charge in [0.05, 0.1) is 0 Å². The largest absolute Gasteiger partial charge is 0.508 e. The van der Waals surface area contributed by atoms with Crippen molar-refractivity contribution >= 4 is 11.8 Å². The average molecular weight is 342 g/mol. The van der Waals surface area contributed by atoms with E-state index >= 15 is 0 Å². The molecule has 2 rings (SSSR count). The van der Waals surface area contributed by atoms with Gasteiger partial charge in [-0.15, -0.1) is 0 Å². The van der Waals surface area contributed by atoms with Gasteiger partial charge in [-0.05, 0) is 39.7 Å². The van der Waals surface area contributed by atoms with E-state index in [4.69, 9.17) is 10.5 Å². The number of benzene rings is 1. The van der Waals surface area contributed by atoms with Gasteiger partial charge in [-0.25, -0.2) is 13.6 Å². The van der Waals surface area contributed by atoms with E-state index in [2.05, 4.69) is 5.32 Å². The minimum absolute atomic E-state index is 0.0897. The lowest BCUT2D eigenvalue weighted by Crippen LogP contribution is -2.43. The Morgan fingerprint density at radius 2 is 1.83 bits per heavy atom. The van der Waals surface area contributed by atoms with Gasteiger partial charge in [-0.2, -0.15) is 0 Å². The first-order valence-electron chi connectivity index (χ1n) is 7.90. The highest BCUT2D eigenvalue weighted by atomic mass is 19.3. The van der Waals surface area contributed by atoms with E-state index in [1.165, 1.54) is 6.07 Å². The summed E-state index contributed by atoms with van der Waals surface area (Å²) < 4.78 is 31.8. The molecule has 5 nitrogen and oxygen atoms in total. The van der Waals surface area contributed by atoms with Crippen LogP contribution in [0.1, 0.15) is 52.0 Å². The Hall–Kier alpha value is -1.89. The number of hydrogen-bond acceptors (Lipinski definition) is 4. The monoisotopic (exact) mass is 342 g/mol. The molecule has 1 fully saturated rings. The van der Waals surface area contributed by atoms with Gasteiger partial charge in [0.15, 0.2) is 0 Å². The van der Waals surface area contributed by atoms with Crippen LogP contribution in [0.3, 0.4) is 0 Å². The maximum Gasteiger partial charge on any atom is 0.412 e. The Morgan fingerprint density at radius 1 is 1.25 bits per heavy atom. The number of rotatable bonds is 2. The van der Waals surface area contributed by atoms with Crippen LogP contribution in [0.25, 0.3) is 0 Å². The van der Waals surface area contributed by atoms with Crippen LogP contribution >= 0.6 is 0 Å². The summed E-state index contributed by atoms with van der Waals surface area (Å²) in [5, 5.41) is 12.7. The van der Waals surface area contributed by atoms with Crippen molar-refractivity contribution in [3.05, 3.63) is 23.8 Å². The van der Waals surface area contributed by atoms with Crippen molar-refractivity contribution in [3.63, 3.8) is 0 Å². The van der Waals surface area contributed by atoms with Crippen LogP contribution in [0.2, 0.25) is 0 Å². The Bertz CT molecular complexity index is 617. The number of phenolic OH excluding ortho intramolecular Hbond substituents is 1. The highest BCUT2D eigenvalue weighted by Crippen LogP contribution is 2.44. The van der Waals surface area contributed by atoms with Gasteiger partial charge in [0.1, 0.15) is 11.4 Å². The van der Waals surface area contributed by atoms with E-state index in [0.717, 1.165) is 0 Å². The maximum atomic E-state index is 13.3. The molecule has 0 spiro atoms. The highest BCUT2D eigenvalue weighted by molar-refractivity contribution is 5.85. The lowest BCUT2D eigenvalue weighted by Gasteiger charge is -2.37. The Labute approximate surface area is 140 Å². The first kappa shape index (κ1) is 18.4. The lowest BCUT2D eigenvalue weighted by atomic mass is 9.75. The minimum Gasteiger partial charge on any atom is -0.508 e. The molecule has 0 aliphatic heterocycles. The first-order chi connectivity index (χ1) is 10.9. The molecule has 0 heterocycles. The van der Waals surface area contributed by atoms with Crippen molar-refractivity contribution in [2.24, 2.45) is 5.73 Å². The summed E-state index contributed by atoms with van der Waals surface area (Å²) >= 11 is 0. The van der Waals surface area contributed by atoms with Gasteiger partial charge in [-0.1, -0.05) is 6.07 Å². The third-order valence-corrected chi connectivity index (χ3v) is 4.05. The van der Waals surface area contributed by atoms with E-state index in [1.807, 2.05) is 0 Å².